The van der Waals surface area contributed by atoms with Crippen molar-refractivity contribution in [3.05, 3.63) is 64.2 Å². The Bertz CT molecular complexity index is 991. The van der Waals surface area contributed by atoms with E-state index < -0.39 is 39.1 Å². The number of alkyl halides is 3. The Labute approximate surface area is 157 Å². The Morgan fingerprint density at radius 2 is 1.79 bits per heavy atom. The number of anilines is 2. The van der Waals surface area contributed by atoms with Crippen LogP contribution >= 0.6 is 0 Å². The fraction of sp³-hybridized carbons (Fsp3) is 0.188. The molecule has 0 unspecified atom stereocenters. The highest BCUT2D eigenvalue weighted by atomic mass is 32.2. The maximum absolute atomic E-state index is 12.7. The van der Waals surface area contributed by atoms with Gasteiger partial charge in [-0.1, -0.05) is 6.07 Å². The zero-order chi connectivity index (χ0) is 21.1. The molecule has 0 atom stereocenters. The lowest BCUT2D eigenvalue weighted by Gasteiger charge is -2.22. The van der Waals surface area contributed by atoms with E-state index in [1.807, 2.05) is 0 Å². The summed E-state index contributed by atoms with van der Waals surface area (Å²) in [6.07, 6.45) is -3.79. The van der Waals surface area contributed by atoms with Crippen molar-refractivity contribution in [2.75, 3.05) is 22.4 Å². The zero-order valence-corrected chi connectivity index (χ0v) is 15.1. The predicted molar refractivity (Wildman–Crippen MR) is 95.4 cm³/mol. The number of carbonyl (C=O) groups is 1. The standard InChI is InChI=1S/C16H14F3N3O5S/c1-28(26,27)21(13-7-5-11(6-8-13)16(17,18)19)10-15(23)20-12-3-2-4-14(9-12)22(24)25/h2-9H,10H2,1H3,(H,20,23). The number of nitro benzene ring substituents is 1. The van der Waals surface area contributed by atoms with E-state index in [2.05, 4.69) is 5.32 Å². The number of hydrogen-bond donors (Lipinski definition) is 1. The van der Waals surface area contributed by atoms with Gasteiger partial charge in [0.05, 0.1) is 22.4 Å². The Morgan fingerprint density at radius 3 is 2.29 bits per heavy atom. The van der Waals surface area contributed by atoms with Gasteiger partial charge >= 0.3 is 6.18 Å². The summed E-state index contributed by atoms with van der Waals surface area (Å²) in [6.45, 7) is -0.729. The molecule has 2 aromatic rings. The van der Waals surface area contributed by atoms with Gasteiger partial charge in [-0.3, -0.25) is 19.2 Å². The van der Waals surface area contributed by atoms with Gasteiger partial charge < -0.3 is 5.32 Å². The summed E-state index contributed by atoms with van der Waals surface area (Å²) >= 11 is 0. The van der Waals surface area contributed by atoms with Gasteiger partial charge in [0, 0.05) is 17.8 Å². The summed E-state index contributed by atoms with van der Waals surface area (Å²) in [5.41, 5.74) is -1.31. The van der Waals surface area contributed by atoms with Crippen molar-refractivity contribution in [3.8, 4) is 0 Å². The van der Waals surface area contributed by atoms with Crippen molar-refractivity contribution < 1.29 is 31.3 Å². The van der Waals surface area contributed by atoms with Crippen molar-refractivity contribution in [2.45, 2.75) is 6.18 Å². The van der Waals surface area contributed by atoms with Crippen LogP contribution in [-0.2, 0) is 21.0 Å². The van der Waals surface area contributed by atoms with Gasteiger partial charge in [-0.25, -0.2) is 8.42 Å². The van der Waals surface area contributed by atoms with E-state index in [4.69, 9.17) is 0 Å². The first kappa shape index (κ1) is 21.2. The molecule has 0 bridgehead atoms. The molecule has 0 radical (unpaired) electrons. The highest BCUT2D eigenvalue weighted by Crippen LogP contribution is 2.31. The van der Waals surface area contributed by atoms with Crippen molar-refractivity contribution in [1.82, 2.24) is 0 Å². The van der Waals surface area contributed by atoms with Crippen LogP contribution in [0, 0.1) is 10.1 Å². The lowest BCUT2D eigenvalue weighted by molar-refractivity contribution is -0.384. The van der Waals surface area contributed by atoms with E-state index in [0.717, 1.165) is 24.5 Å². The zero-order valence-electron chi connectivity index (χ0n) is 14.3. The predicted octanol–water partition coefficient (Wildman–Crippen LogP) is 3.02. The van der Waals surface area contributed by atoms with Gasteiger partial charge in [0.1, 0.15) is 6.54 Å². The molecule has 2 rings (SSSR count). The Morgan fingerprint density at radius 1 is 1.18 bits per heavy atom. The lowest BCUT2D eigenvalue weighted by Crippen LogP contribution is -2.37. The first-order valence-electron chi connectivity index (χ1n) is 7.57. The van der Waals surface area contributed by atoms with Crippen LogP contribution in [0.2, 0.25) is 0 Å². The normalized spacial score (nSPS) is 11.7. The molecule has 0 spiro atoms. The lowest BCUT2D eigenvalue weighted by atomic mass is 10.2. The van der Waals surface area contributed by atoms with E-state index in [0.29, 0.717) is 16.4 Å². The van der Waals surface area contributed by atoms with Crippen LogP contribution in [0.15, 0.2) is 48.5 Å². The number of benzene rings is 2. The monoisotopic (exact) mass is 417 g/mol. The van der Waals surface area contributed by atoms with Crippen LogP contribution in [0.3, 0.4) is 0 Å². The maximum Gasteiger partial charge on any atom is 0.416 e. The van der Waals surface area contributed by atoms with E-state index >= 15 is 0 Å². The molecule has 0 aliphatic carbocycles. The number of amides is 1. The quantitative estimate of drug-likeness (QED) is 0.574. The molecule has 0 fully saturated rings. The molecule has 0 aromatic heterocycles. The highest BCUT2D eigenvalue weighted by molar-refractivity contribution is 7.92. The van der Waals surface area contributed by atoms with E-state index in [9.17, 15) is 36.5 Å². The summed E-state index contributed by atoms with van der Waals surface area (Å²) in [5, 5.41) is 13.1. The van der Waals surface area contributed by atoms with Crippen LogP contribution in [0.25, 0.3) is 0 Å². The van der Waals surface area contributed by atoms with E-state index in [-0.39, 0.29) is 17.1 Å². The number of non-ortho nitro benzene ring substituents is 1. The van der Waals surface area contributed by atoms with Crippen molar-refractivity contribution in [2.24, 2.45) is 0 Å². The topological polar surface area (TPSA) is 110 Å². The van der Waals surface area contributed by atoms with Crippen molar-refractivity contribution in [3.63, 3.8) is 0 Å². The minimum Gasteiger partial charge on any atom is -0.324 e. The average molecular weight is 417 g/mol. The maximum atomic E-state index is 12.7. The Hall–Kier alpha value is -3.15. The number of nitrogens with zero attached hydrogens (tertiary/aromatic N) is 2. The van der Waals surface area contributed by atoms with Gasteiger partial charge in [-0.05, 0) is 30.3 Å². The van der Waals surface area contributed by atoms with Crippen LogP contribution in [0.4, 0.5) is 30.2 Å². The van der Waals surface area contributed by atoms with E-state index in [1.165, 1.54) is 18.2 Å². The molecule has 0 saturated heterocycles. The second-order valence-electron chi connectivity index (χ2n) is 5.67. The second kappa shape index (κ2) is 7.84. The minimum absolute atomic E-state index is 0.0695. The largest absolute Gasteiger partial charge is 0.416 e. The number of halogens is 3. The second-order valence-corrected chi connectivity index (χ2v) is 7.58. The molecule has 0 heterocycles. The number of sulfonamides is 1. The number of nitrogens with one attached hydrogen (secondary N) is 1. The third-order valence-electron chi connectivity index (χ3n) is 3.51. The fourth-order valence-corrected chi connectivity index (χ4v) is 3.10. The van der Waals surface area contributed by atoms with Gasteiger partial charge in [0.2, 0.25) is 15.9 Å². The first-order chi connectivity index (χ1) is 12.9. The molecular formula is C16H14F3N3O5S. The van der Waals surface area contributed by atoms with Gasteiger partial charge in [0.25, 0.3) is 5.69 Å². The average Bonchev–Trinajstić information content (AvgIpc) is 2.58. The molecule has 8 nitrogen and oxygen atoms in total. The van der Waals surface area contributed by atoms with Gasteiger partial charge in [0.15, 0.2) is 0 Å². The minimum atomic E-state index is -4.59. The van der Waals surface area contributed by atoms with E-state index in [1.54, 1.807) is 0 Å². The van der Waals surface area contributed by atoms with Crippen LogP contribution in [-0.4, -0.2) is 32.0 Å². The smallest absolute Gasteiger partial charge is 0.324 e. The fourth-order valence-electron chi connectivity index (χ4n) is 2.24. The molecule has 12 heteroatoms. The summed E-state index contributed by atoms with van der Waals surface area (Å²) in [6, 6.07) is 8.26. The molecule has 2 aromatic carbocycles. The third kappa shape index (κ3) is 5.42. The highest BCUT2D eigenvalue weighted by Gasteiger charge is 2.31. The Kier molecular flexibility index (Phi) is 5.92. The van der Waals surface area contributed by atoms with Crippen LogP contribution in [0.1, 0.15) is 5.56 Å². The summed E-state index contributed by atoms with van der Waals surface area (Å²) in [7, 11) is -3.99. The number of nitro groups is 1. The van der Waals surface area contributed by atoms with Crippen LogP contribution < -0.4 is 9.62 Å². The molecule has 0 saturated carbocycles. The summed E-state index contributed by atoms with van der Waals surface area (Å²) in [4.78, 5) is 22.3. The molecular weight excluding hydrogens is 403 g/mol. The van der Waals surface area contributed by atoms with Crippen molar-refractivity contribution in [1.29, 1.82) is 0 Å². The third-order valence-corrected chi connectivity index (χ3v) is 4.65. The molecule has 150 valence electrons. The molecule has 0 aliphatic rings. The molecule has 1 amide bonds. The van der Waals surface area contributed by atoms with Gasteiger partial charge in [-0.2, -0.15) is 13.2 Å². The van der Waals surface area contributed by atoms with Crippen LogP contribution in [0.5, 0.6) is 0 Å². The summed E-state index contributed by atoms with van der Waals surface area (Å²) < 4.78 is 62.5. The summed E-state index contributed by atoms with van der Waals surface area (Å²) in [5.74, 6) is -0.828. The first-order valence-corrected chi connectivity index (χ1v) is 9.42. The van der Waals surface area contributed by atoms with Crippen molar-refractivity contribution >= 4 is 33.0 Å². The molecule has 28 heavy (non-hydrogen) atoms. The Balaban J connectivity index is 2.22. The SMILES string of the molecule is CS(=O)(=O)N(CC(=O)Nc1cccc([N+](=O)[O-])c1)c1ccc(C(F)(F)F)cc1. The number of hydrogen-bond acceptors (Lipinski definition) is 5. The number of rotatable bonds is 6. The number of carbonyl (C=O) groups excluding carboxylic acids is 1. The van der Waals surface area contributed by atoms with Gasteiger partial charge in [-0.15, -0.1) is 0 Å². The molecule has 0 aliphatic heterocycles. The molecule has 1 N–H and O–H groups in total.